The summed E-state index contributed by atoms with van der Waals surface area (Å²) < 4.78 is 10.7. The fourth-order valence-electron chi connectivity index (χ4n) is 2.35. The molecule has 1 unspecified atom stereocenters. The number of hydrogen-bond donors (Lipinski definition) is 2. The molecule has 2 N–H and O–H groups in total. The van der Waals surface area contributed by atoms with Crippen LogP contribution in [0.3, 0.4) is 0 Å². The van der Waals surface area contributed by atoms with E-state index in [1.165, 1.54) is 5.56 Å². The molecule has 114 valence electrons. The maximum absolute atomic E-state index is 5.40. The van der Waals surface area contributed by atoms with Crippen molar-refractivity contribution in [3.63, 3.8) is 0 Å². The van der Waals surface area contributed by atoms with Crippen molar-refractivity contribution >= 4 is 23.0 Å². The number of aryl methyl sites for hydroxylation is 1. The van der Waals surface area contributed by atoms with Crippen LogP contribution in [0.2, 0.25) is 0 Å². The van der Waals surface area contributed by atoms with Gasteiger partial charge in [0.1, 0.15) is 0 Å². The van der Waals surface area contributed by atoms with Crippen molar-refractivity contribution in [2.45, 2.75) is 19.9 Å². The molecule has 0 saturated carbocycles. The summed E-state index contributed by atoms with van der Waals surface area (Å²) in [5, 5.41) is 7.07. The predicted molar refractivity (Wildman–Crippen MR) is 91.5 cm³/mol. The van der Waals surface area contributed by atoms with E-state index in [0.717, 1.165) is 22.7 Å². The van der Waals surface area contributed by atoms with E-state index in [9.17, 15) is 0 Å². The lowest BCUT2D eigenvalue weighted by atomic mass is 10.1. The summed E-state index contributed by atoms with van der Waals surface area (Å²) in [6.45, 7) is 4.40. The van der Waals surface area contributed by atoms with E-state index >= 15 is 0 Å². The van der Waals surface area contributed by atoms with Gasteiger partial charge in [0, 0.05) is 5.69 Å². The zero-order valence-electron chi connectivity index (χ0n) is 12.6. The van der Waals surface area contributed by atoms with Gasteiger partial charge in [0.15, 0.2) is 16.6 Å². The van der Waals surface area contributed by atoms with E-state index in [-0.39, 0.29) is 12.8 Å². The molecule has 1 aliphatic rings. The molecule has 2 aromatic rings. The Kier molecular flexibility index (Phi) is 4.15. The van der Waals surface area contributed by atoms with E-state index in [1.807, 2.05) is 30.3 Å². The summed E-state index contributed by atoms with van der Waals surface area (Å²) in [7, 11) is 0. The Balaban J connectivity index is 1.63. The van der Waals surface area contributed by atoms with Crippen LogP contribution in [0, 0.1) is 6.92 Å². The van der Waals surface area contributed by atoms with Crippen LogP contribution in [0.4, 0.5) is 5.69 Å². The SMILES string of the molecule is Cc1cccc(NC(=S)NC(C)c2ccc3c(c2)OCO3)c1. The van der Waals surface area contributed by atoms with E-state index in [1.54, 1.807) is 0 Å². The first-order valence-electron chi connectivity index (χ1n) is 7.15. The molecule has 0 fully saturated rings. The molecule has 0 radical (unpaired) electrons. The standard InChI is InChI=1S/C17H18N2O2S/c1-11-4-3-5-14(8-11)19-17(22)18-12(2)13-6-7-15-16(9-13)21-10-20-15/h3-9,12H,10H2,1-2H3,(H2,18,19,22). The molecule has 1 heterocycles. The minimum Gasteiger partial charge on any atom is -0.454 e. The maximum atomic E-state index is 5.40. The Hall–Kier alpha value is -2.27. The number of rotatable bonds is 3. The molecule has 0 spiro atoms. The van der Waals surface area contributed by atoms with Crippen LogP contribution in [-0.4, -0.2) is 11.9 Å². The second-order valence-corrected chi connectivity index (χ2v) is 5.71. The topological polar surface area (TPSA) is 42.5 Å². The van der Waals surface area contributed by atoms with Crippen molar-refractivity contribution in [1.29, 1.82) is 0 Å². The van der Waals surface area contributed by atoms with Gasteiger partial charge in [-0.15, -0.1) is 0 Å². The zero-order valence-corrected chi connectivity index (χ0v) is 13.4. The first-order chi connectivity index (χ1) is 10.6. The van der Waals surface area contributed by atoms with Crippen molar-refractivity contribution < 1.29 is 9.47 Å². The molecule has 22 heavy (non-hydrogen) atoms. The zero-order chi connectivity index (χ0) is 15.5. The number of thiocarbonyl (C=S) groups is 1. The van der Waals surface area contributed by atoms with Crippen LogP contribution in [0.1, 0.15) is 24.1 Å². The highest BCUT2D eigenvalue weighted by Gasteiger charge is 2.16. The molecule has 1 atom stereocenters. The molecule has 0 saturated heterocycles. The molecular weight excluding hydrogens is 296 g/mol. The van der Waals surface area contributed by atoms with Crippen LogP contribution in [0.5, 0.6) is 11.5 Å². The maximum Gasteiger partial charge on any atom is 0.231 e. The van der Waals surface area contributed by atoms with Crippen LogP contribution in [0.25, 0.3) is 0 Å². The van der Waals surface area contributed by atoms with E-state index < -0.39 is 0 Å². The molecule has 0 aromatic heterocycles. The summed E-state index contributed by atoms with van der Waals surface area (Å²) >= 11 is 5.38. The quantitative estimate of drug-likeness (QED) is 0.844. The summed E-state index contributed by atoms with van der Waals surface area (Å²) in [6, 6.07) is 14.1. The molecule has 2 aromatic carbocycles. The van der Waals surface area contributed by atoms with E-state index in [2.05, 4.69) is 36.6 Å². The van der Waals surface area contributed by atoms with Crippen molar-refractivity contribution in [3.05, 3.63) is 53.6 Å². The smallest absolute Gasteiger partial charge is 0.231 e. The van der Waals surface area contributed by atoms with E-state index in [4.69, 9.17) is 21.7 Å². The van der Waals surface area contributed by atoms with Gasteiger partial charge in [0.2, 0.25) is 6.79 Å². The highest BCUT2D eigenvalue weighted by atomic mass is 32.1. The Morgan fingerprint density at radius 3 is 2.77 bits per heavy atom. The van der Waals surface area contributed by atoms with Crippen LogP contribution in [-0.2, 0) is 0 Å². The summed E-state index contributed by atoms with van der Waals surface area (Å²) in [6.07, 6.45) is 0. The highest BCUT2D eigenvalue weighted by molar-refractivity contribution is 7.80. The third-order valence-corrected chi connectivity index (χ3v) is 3.74. The second kappa shape index (κ2) is 6.23. The first-order valence-corrected chi connectivity index (χ1v) is 7.56. The largest absolute Gasteiger partial charge is 0.454 e. The van der Waals surface area contributed by atoms with Crippen LogP contribution < -0.4 is 20.1 Å². The average Bonchev–Trinajstić information content (AvgIpc) is 2.94. The van der Waals surface area contributed by atoms with Gasteiger partial charge >= 0.3 is 0 Å². The molecule has 1 aliphatic heterocycles. The second-order valence-electron chi connectivity index (χ2n) is 5.30. The third kappa shape index (κ3) is 3.31. The van der Waals surface area contributed by atoms with Gasteiger partial charge in [-0.25, -0.2) is 0 Å². The van der Waals surface area contributed by atoms with Crippen molar-refractivity contribution in [2.75, 3.05) is 12.1 Å². The monoisotopic (exact) mass is 314 g/mol. The normalized spacial score (nSPS) is 13.5. The summed E-state index contributed by atoms with van der Waals surface area (Å²) in [4.78, 5) is 0. The number of fused-ring (bicyclic) bond motifs is 1. The van der Waals surface area contributed by atoms with Crippen molar-refractivity contribution in [3.8, 4) is 11.5 Å². The molecule has 5 heteroatoms. The molecule has 3 rings (SSSR count). The molecule has 4 nitrogen and oxygen atoms in total. The van der Waals surface area contributed by atoms with Gasteiger partial charge in [-0.3, -0.25) is 0 Å². The number of nitrogens with one attached hydrogen (secondary N) is 2. The minimum absolute atomic E-state index is 0.0688. The van der Waals surface area contributed by atoms with Gasteiger partial charge in [0.05, 0.1) is 6.04 Å². The fourth-order valence-corrected chi connectivity index (χ4v) is 2.65. The van der Waals surface area contributed by atoms with Crippen molar-refractivity contribution in [1.82, 2.24) is 5.32 Å². The first kappa shape index (κ1) is 14.7. The Labute approximate surface area is 135 Å². The van der Waals surface area contributed by atoms with Gasteiger partial charge in [-0.05, 0) is 61.5 Å². The average molecular weight is 314 g/mol. The lowest BCUT2D eigenvalue weighted by Crippen LogP contribution is -2.30. The van der Waals surface area contributed by atoms with Gasteiger partial charge in [-0.1, -0.05) is 18.2 Å². The van der Waals surface area contributed by atoms with Gasteiger partial charge in [0.25, 0.3) is 0 Å². The van der Waals surface area contributed by atoms with E-state index in [0.29, 0.717) is 5.11 Å². The molecular formula is C17H18N2O2S. The number of anilines is 1. The van der Waals surface area contributed by atoms with Gasteiger partial charge < -0.3 is 20.1 Å². The lowest BCUT2D eigenvalue weighted by Gasteiger charge is -2.18. The van der Waals surface area contributed by atoms with Crippen LogP contribution >= 0.6 is 12.2 Å². The minimum atomic E-state index is 0.0688. The Bertz CT molecular complexity index is 703. The lowest BCUT2D eigenvalue weighted by molar-refractivity contribution is 0.174. The van der Waals surface area contributed by atoms with Crippen LogP contribution in [0.15, 0.2) is 42.5 Å². The summed E-state index contributed by atoms with van der Waals surface area (Å²) in [5.41, 5.74) is 3.27. The summed E-state index contributed by atoms with van der Waals surface area (Å²) in [5.74, 6) is 1.57. The number of hydrogen-bond acceptors (Lipinski definition) is 3. The predicted octanol–water partition coefficient (Wildman–Crippen LogP) is 3.77. The Morgan fingerprint density at radius 2 is 1.95 bits per heavy atom. The molecule has 0 bridgehead atoms. The third-order valence-electron chi connectivity index (χ3n) is 3.52. The fraction of sp³-hybridized carbons (Fsp3) is 0.235. The van der Waals surface area contributed by atoms with Crippen molar-refractivity contribution in [2.24, 2.45) is 0 Å². The molecule has 0 aliphatic carbocycles. The van der Waals surface area contributed by atoms with Gasteiger partial charge in [-0.2, -0.15) is 0 Å². The number of ether oxygens (including phenoxy) is 2. The highest BCUT2D eigenvalue weighted by Crippen LogP contribution is 2.34. The number of benzene rings is 2. The molecule has 0 amide bonds. The Morgan fingerprint density at radius 1 is 1.14 bits per heavy atom.